The van der Waals surface area contributed by atoms with Gasteiger partial charge < -0.3 is 0 Å². The highest BCUT2D eigenvalue weighted by Crippen LogP contribution is 2.21. The van der Waals surface area contributed by atoms with Crippen molar-refractivity contribution >= 4 is 33.7 Å². The highest BCUT2D eigenvalue weighted by atomic mass is 35.5. The minimum atomic E-state index is -3.57. The molecular weight excluding hydrogens is 374 g/mol. The second kappa shape index (κ2) is 7.99. The maximum Gasteiger partial charge on any atom is 0.271 e. The Kier molecular flexibility index (Phi) is 5.70. The van der Waals surface area contributed by atoms with Crippen molar-refractivity contribution in [2.45, 2.75) is 17.7 Å². The molecule has 2 aromatic rings. The molecule has 2 aromatic carbocycles. The van der Waals surface area contributed by atoms with Gasteiger partial charge in [-0.25, -0.2) is 13.8 Å². The van der Waals surface area contributed by atoms with E-state index in [2.05, 4.69) is 10.5 Å². The monoisotopic (exact) mass is 391 g/mol. The van der Waals surface area contributed by atoms with E-state index in [1.54, 1.807) is 30.3 Å². The SMILES string of the molecule is O=C(NN=Cc1ccccc1Cl)c1cccc(S(=O)(=O)N2CCCC2)c1. The zero-order chi connectivity index (χ0) is 18.6. The molecule has 0 spiro atoms. The average Bonchev–Trinajstić information content (AvgIpc) is 3.19. The Balaban J connectivity index is 1.73. The molecule has 0 saturated carbocycles. The maximum absolute atomic E-state index is 12.6. The fourth-order valence-electron chi connectivity index (χ4n) is 2.68. The molecule has 8 heteroatoms. The molecule has 1 amide bonds. The summed E-state index contributed by atoms with van der Waals surface area (Å²) in [7, 11) is -3.57. The van der Waals surface area contributed by atoms with Crippen LogP contribution in [0.5, 0.6) is 0 Å². The Morgan fingerprint density at radius 2 is 1.85 bits per heavy atom. The number of hydrazone groups is 1. The van der Waals surface area contributed by atoms with E-state index in [9.17, 15) is 13.2 Å². The van der Waals surface area contributed by atoms with Gasteiger partial charge >= 0.3 is 0 Å². The van der Waals surface area contributed by atoms with Gasteiger partial charge in [0.05, 0.1) is 11.1 Å². The third-order valence-electron chi connectivity index (χ3n) is 4.07. The molecule has 26 heavy (non-hydrogen) atoms. The van der Waals surface area contributed by atoms with Crippen LogP contribution in [0.3, 0.4) is 0 Å². The fraction of sp³-hybridized carbons (Fsp3) is 0.222. The number of sulfonamides is 1. The average molecular weight is 392 g/mol. The number of nitrogens with one attached hydrogen (secondary N) is 1. The predicted molar refractivity (Wildman–Crippen MR) is 101 cm³/mol. The molecule has 1 fully saturated rings. The Morgan fingerprint density at radius 1 is 1.12 bits per heavy atom. The highest BCUT2D eigenvalue weighted by Gasteiger charge is 2.27. The minimum absolute atomic E-state index is 0.113. The number of nitrogens with zero attached hydrogens (tertiary/aromatic N) is 2. The van der Waals surface area contributed by atoms with E-state index < -0.39 is 15.9 Å². The topological polar surface area (TPSA) is 78.8 Å². The third-order valence-corrected chi connectivity index (χ3v) is 6.31. The van der Waals surface area contributed by atoms with Crippen molar-refractivity contribution in [3.8, 4) is 0 Å². The molecule has 3 rings (SSSR count). The number of hydrogen-bond acceptors (Lipinski definition) is 4. The van der Waals surface area contributed by atoms with E-state index in [1.807, 2.05) is 6.07 Å². The summed E-state index contributed by atoms with van der Waals surface area (Å²) >= 11 is 6.01. The number of carbonyl (C=O) groups is 1. The second-order valence-electron chi connectivity index (χ2n) is 5.86. The Bertz CT molecular complexity index is 938. The first-order valence-corrected chi connectivity index (χ1v) is 9.98. The molecule has 136 valence electrons. The molecule has 0 bridgehead atoms. The quantitative estimate of drug-likeness (QED) is 0.628. The molecular formula is C18H18ClN3O3S. The van der Waals surface area contributed by atoms with Crippen molar-refractivity contribution in [1.29, 1.82) is 0 Å². The van der Waals surface area contributed by atoms with Crippen LogP contribution in [0.2, 0.25) is 5.02 Å². The summed E-state index contributed by atoms with van der Waals surface area (Å²) in [5, 5.41) is 4.40. The lowest BCUT2D eigenvalue weighted by Gasteiger charge is -2.15. The summed E-state index contributed by atoms with van der Waals surface area (Å²) in [5.41, 5.74) is 3.28. The van der Waals surface area contributed by atoms with Crippen molar-refractivity contribution in [3.63, 3.8) is 0 Å². The number of carbonyl (C=O) groups excluding carboxylic acids is 1. The van der Waals surface area contributed by atoms with Gasteiger partial charge in [-0.3, -0.25) is 4.79 Å². The van der Waals surface area contributed by atoms with E-state index in [1.165, 1.54) is 22.7 Å². The summed E-state index contributed by atoms with van der Waals surface area (Å²) in [6.07, 6.45) is 3.15. The van der Waals surface area contributed by atoms with Crippen LogP contribution in [-0.4, -0.2) is 37.9 Å². The van der Waals surface area contributed by atoms with E-state index in [0.29, 0.717) is 23.7 Å². The molecule has 1 N–H and O–H groups in total. The van der Waals surface area contributed by atoms with Crippen LogP contribution >= 0.6 is 11.6 Å². The standard InChI is InChI=1S/C18H18ClN3O3S/c19-17-9-2-1-6-15(17)13-20-21-18(23)14-7-5-8-16(12-14)26(24,25)22-10-3-4-11-22/h1-2,5-9,12-13H,3-4,10-11H2,(H,21,23). The Labute approximate surface area is 157 Å². The lowest BCUT2D eigenvalue weighted by Crippen LogP contribution is -2.28. The molecule has 1 aliphatic rings. The highest BCUT2D eigenvalue weighted by molar-refractivity contribution is 7.89. The fourth-order valence-corrected chi connectivity index (χ4v) is 4.43. The molecule has 0 unspecified atom stereocenters. The molecule has 1 aliphatic heterocycles. The van der Waals surface area contributed by atoms with Gasteiger partial charge in [0.2, 0.25) is 10.0 Å². The zero-order valence-electron chi connectivity index (χ0n) is 13.9. The lowest BCUT2D eigenvalue weighted by molar-refractivity contribution is 0.0955. The first-order valence-electron chi connectivity index (χ1n) is 8.16. The second-order valence-corrected chi connectivity index (χ2v) is 8.20. The molecule has 1 saturated heterocycles. The van der Waals surface area contributed by atoms with Crippen LogP contribution in [-0.2, 0) is 10.0 Å². The number of halogens is 1. The summed E-state index contributed by atoms with van der Waals surface area (Å²) in [6, 6.07) is 13.1. The third kappa shape index (κ3) is 4.12. The van der Waals surface area contributed by atoms with E-state index in [0.717, 1.165) is 12.8 Å². The van der Waals surface area contributed by atoms with Gasteiger partial charge in [0.15, 0.2) is 0 Å². The van der Waals surface area contributed by atoms with E-state index in [4.69, 9.17) is 11.6 Å². The molecule has 6 nitrogen and oxygen atoms in total. The Morgan fingerprint density at radius 3 is 2.58 bits per heavy atom. The molecule has 0 aliphatic carbocycles. The van der Waals surface area contributed by atoms with Crippen molar-refractivity contribution in [2.24, 2.45) is 5.10 Å². The van der Waals surface area contributed by atoms with Crippen molar-refractivity contribution < 1.29 is 13.2 Å². The number of hydrogen-bond donors (Lipinski definition) is 1. The zero-order valence-corrected chi connectivity index (χ0v) is 15.5. The summed E-state index contributed by atoms with van der Waals surface area (Å²) in [5.74, 6) is -0.494. The molecule has 0 aromatic heterocycles. The predicted octanol–water partition coefficient (Wildman–Crippen LogP) is 2.89. The van der Waals surface area contributed by atoms with Gasteiger partial charge in [-0.15, -0.1) is 0 Å². The number of amides is 1. The molecule has 1 heterocycles. The van der Waals surface area contributed by atoms with Crippen LogP contribution in [0.4, 0.5) is 0 Å². The summed E-state index contributed by atoms with van der Waals surface area (Å²) in [6.45, 7) is 1.03. The van der Waals surface area contributed by atoms with Gasteiger partial charge in [-0.1, -0.05) is 35.9 Å². The van der Waals surface area contributed by atoms with Crippen molar-refractivity contribution in [1.82, 2.24) is 9.73 Å². The van der Waals surface area contributed by atoms with Gasteiger partial charge in [0.1, 0.15) is 0 Å². The summed E-state index contributed by atoms with van der Waals surface area (Å²) in [4.78, 5) is 12.4. The largest absolute Gasteiger partial charge is 0.271 e. The smallest absolute Gasteiger partial charge is 0.267 e. The summed E-state index contributed by atoms with van der Waals surface area (Å²) < 4.78 is 26.6. The van der Waals surface area contributed by atoms with Gasteiger partial charge in [0.25, 0.3) is 5.91 Å². The first kappa shape index (κ1) is 18.6. The number of benzene rings is 2. The van der Waals surface area contributed by atoms with E-state index >= 15 is 0 Å². The van der Waals surface area contributed by atoms with Crippen LogP contribution in [0.25, 0.3) is 0 Å². The van der Waals surface area contributed by atoms with Crippen LogP contribution in [0, 0.1) is 0 Å². The van der Waals surface area contributed by atoms with Gasteiger partial charge in [-0.2, -0.15) is 9.41 Å². The van der Waals surface area contributed by atoms with Crippen LogP contribution in [0.15, 0.2) is 58.5 Å². The first-order chi connectivity index (χ1) is 12.5. The van der Waals surface area contributed by atoms with E-state index in [-0.39, 0.29) is 10.5 Å². The number of rotatable bonds is 5. The Hall–Kier alpha value is -2.22. The minimum Gasteiger partial charge on any atom is -0.267 e. The lowest BCUT2D eigenvalue weighted by atomic mass is 10.2. The van der Waals surface area contributed by atoms with Crippen molar-refractivity contribution in [3.05, 3.63) is 64.7 Å². The van der Waals surface area contributed by atoms with Crippen LogP contribution in [0.1, 0.15) is 28.8 Å². The van der Waals surface area contributed by atoms with Crippen LogP contribution < -0.4 is 5.43 Å². The van der Waals surface area contributed by atoms with Gasteiger partial charge in [0, 0.05) is 29.2 Å². The normalized spacial score (nSPS) is 15.4. The maximum atomic E-state index is 12.6. The molecule has 0 radical (unpaired) electrons. The van der Waals surface area contributed by atoms with Crippen molar-refractivity contribution in [2.75, 3.05) is 13.1 Å². The molecule has 0 atom stereocenters. The van der Waals surface area contributed by atoms with Gasteiger partial charge in [-0.05, 0) is 37.1 Å².